The fourth-order valence-electron chi connectivity index (χ4n) is 5.32. The lowest BCUT2D eigenvalue weighted by Gasteiger charge is -2.51. The van der Waals surface area contributed by atoms with Crippen LogP contribution >= 0.6 is 0 Å². The Morgan fingerprint density at radius 2 is 1.93 bits per heavy atom. The maximum Gasteiger partial charge on any atom is 0.404 e. The Bertz CT molecular complexity index is 829. The molecule has 2 saturated heterocycles. The minimum absolute atomic E-state index is 0.0838. The average molecular weight is 418 g/mol. The zero-order valence-electron chi connectivity index (χ0n) is 17.9. The lowest BCUT2D eigenvalue weighted by atomic mass is 9.81. The molecule has 8 heteroatoms. The highest BCUT2D eigenvalue weighted by molar-refractivity contribution is 5.78. The van der Waals surface area contributed by atoms with Gasteiger partial charge in [-0.25, -0.2) is 4.79 Å². The van der Waals surface area contributed by atoms with E-state index in [9.17, 15) is 14.7 Å². The van der Waals surface area contributed by atoms with Gasteiger partial charge in [-0.2, -0.15) is 0 Å². The highest BCUT2D eigenvalue weighted by atomic mass is 16.5. The molecule has 0 spiro atoms. The van der Waals surface area contributed by atoms with Gasteiger partial charge in [-0.3, -0.25) is 9.69 Å². The van der Waals surface area contributed by atoms with E-state index >= 15 is 0 Å². The summed E-state index contributed by atoms with van der Waals surface area (Å²) in [5.41, 5.74) is 2.37. The van der Waals surface area contributed by atoms with E-state index in [0.717, 1.165) is 24.9 Å². The SMILES string of the molecule is COc1cc2c(cc1OC)C1CC(NC(=O)O)C(N3CCC(C)CC3=O)CN1CC2. The number of methoxy groups -OCH3 is 2. The van der Waals surface area contributed by atoms with E-state index in [4.69, 9.17) is 9.47 Å². The van der Waals surface area contributed by atoms with Crippen molar-refractivity contribution in [3.05, 3.63) is 23.3 Å². The minimum atomic E-state index is -1.04. The van der Waals surface area contributed by atoms with Crippen LogP contribution in [0, 0.1) is 5.92 Å². The molecule has 2 amide bonds. The van der Waals surface area contributed by atoms with Crippen LogP contribution < -0.4 is 14.8 Å². The van der Waals surface area contributed by atoms with Crippen molar-refractivity contribution in [3.8, 4) is 11.5 Å². The Morgan fingerprint density at radius 1 is 1.20 bits per heavy atom. The molecule has 0 aliphatic carbocycles. The summed E-state index contributed by atoms with van der Waals surface area (Å²) >= 11 is 0. The summed E-state index contributed by atoms with van der Waals surface area (Å²) in [5.74, 6) is 1.92. The summed E-state index contributed by atoms with van der Waals surface area (Å²) in [7, 11) is 3.26. The lowest BCUT2D eigenvalue weighted by Crippen LogP contribution is -2.64. The van der Waals surface area contributed by atoms with Gasteiger partial charge in [0.15, 0.2) is 11.5 Å². The van der Waals surface area contributed by atoms with Crippen molar-refractivity contribution in [1.29, 1.82) is 0 Å². The van der Waals surface area contributed by atoms with Crippen LogP contribution in [0.1, 0.15) is 43.4 Å². The number of hydrogen-bond acceptors (Lipinski definition) is 5. The second kappa shape index (κ2) is 8.34. The Balaban J connectivity index is 1.64. The van der Waals surface area contributed by atoms with Gasteiger partial charge in [0.2, 0.25) is 5.91 Å². The van der Waals surface area contributed by atoms with Crippen molar-refractivity contribution in [2.45, 2.75) is 50.7 Å². The highest BCUT2D eigenvalue weighted by Crippen LogP contribution is 2.42. The van der Waals surface area contributed by atoms with E-state index in [1.54, 1.807) is 14.2 Å². The third-order valence-electron chi connectivity index (χ3n) is 6.89. The summed E-state index contributed by atoms with van der Waals surface area (Å²) in [6, 6.07) is 3.70. The minimum Gasteiger partial charge on any atom is -0.493 e. The van der Waals surface area contributed by atoms with Gasteiger partial charge in [0.05, 0.1) is 26.3 Å². The molecule has 4 rings (SSSR count). The number of carbonyl (C=O) groups excluding carboxylic acids is 1. The van der Waals surface area contributed by atoms with Gasteiger partial charge >= 0.3 is 6.09 Å². The van der Waals surface area contributed by atoms with Crippen molar-refractivity contribution >= 4 is 12.0 Å². The number of carboxylic acid groups (broad SMARTS) is 1. The fourth-order valence-corrected chi connectivity index (χ4v) is 5.32. The van der Waals surface area contributed by atoms with Crippen LogP contribution in [-0.4, -0.2) is 72.8 Å². The standard InChI is InChI=1S/C22H31N3O5/c1-13-4-7-25(21(26)8-13)18-12-24-6-5-14-9-19(29-2)20(30-3)10-15(14)17(24)11-16(18)23-22(27)28/h9-10,13,16-18,23H,4-8,11-12H2,1-3H3,(H,27,28). The number of benzene rings is 1. The van der Waals surface area contributed by atoms with Gasteiger partial charge < -0.3 is 24.8 Å². The molecule has 3 heterocycles. The summed E-state index contributed by atoms with van der Waals surface area (Å²) in [4.78, 5) is 28.6. The smallest absolute Gasteiger partial charge is 0.404 e. The monoisotopic (exact) mass is 417 g/mol. The summed E-state index contributed by atoms with van der Waals surface area (Å²) in [5, 5.41) is 12.2. The highest BCUT2D eigenvalue weighted by Gasteiger charge is 2.44. The van der Waals surface area contributed by atoms with Gasteiger partial charge in [0.1, 0.15) is 0 Å². The molecule has 2 N–H and O–H groups in total. The van der Waals surface area contributed by atoms with Crippen molar-refractivity contribution in [3.63, 3.8) is 0 Å². The summed E-state index contributed by atoms with van der Waals surface area (Å²) < 4.78 is 11.0. The van der Waals surface area contributed by atoms with E-state index < -0.39 is 6.09 Å². The van der Waals surface area contributed by atoms with Gasteiger partial charge in [-0.05, 0) is 48.4 Å². The second-order valence-corrected chi connectivity index (χ2v) is 8.71. The molecule has 4 unspecified atom stereocenters. The summed E-state index contributed by atoms with van der Waals surface area (Å²) in [6.45, 7) is 4.34. The molecule has 2 fully saturated rings. The second-order valence-electron chi connectivity index (χ2n) is 8.71. The normalized spacial score (nSPS) is 29.0. The van der Waals surface area contributed by atoms with Crippen LogP contribution in [0.5, 0.6) is 11.5 Å². The molecule has 0 radical (unpaired) electrons. The first-order valence-corrected chi connectivity index (χ1v) is 10.7. The van der Waals surface area contributed by atoms with E-state index in [2.05, 4.69) is 17.1 Å². The van der Waals surface area contributed by atoms with Crippen molar-refractivity contribution in [1.82, 2.24) is 15.1 Å². The number of hydrogen-bond donors (Lipinski definition) is 2. The number of ether oxygens (including phenoxy) is 2. The predicted molar refractivity (Wildman–Crippen MR) is 111 cm³/mol. The van der Waals surface area contributed by atoms with Gasteiger partial charge in [0, 0.05) is 32.1 Å². The number of fused-ring (bicyclic) bond motifs is 3. The number of carbonyl (C=O) groups is 2. The number of rotatable bonds is 4. The van der Waals surface area contributed by atoms with Crippen LogP contribution in [0.25, 0.3) is 0 Å². The molecule has 0 saturated carbocycles. The van der Waals surface area contributed by atoms with Crippen molar-refractivity contribution in [2.24, 2.45) is 5.92 Å². The van der Waals surface area contributed by atoms with Crippen molar-refractivity contribution < 1.29 is 24.2 Å². The molecule has 4 atom stereocenters. The molecule has 0 aromatic heterocycles. The molecule has 164 valence electrons. The Labute approximate surface area is 177 Å². The van der Waals surface area contributed by atoms with Crippen LogP contribution in [-0.2, 0) is 11.2 Å². The number of piperidine rings is 2. The van der Waals surface area contributed by atoms with E-state index in [1.807, 2.05) is 17.0 Å². The first-order chi connectivity index (χ1) is 14.4. The molecule has 1 aromatic rings. The molecular formula is C22H31N3O5. The quantitative estimate of drug-likeness (QED) is 0.781. The van der Waals surface area contributed by atoms with E-state index in [-0.39, 0.29) is 24.0 Å². The number of nitrogens with zero attached hydrogens (tertiary/aromatic N) is 2. The van der Waals surface area contributed by atoms with Gasteiger partial charge in [-0.1, -0.05) is 6.92 Å². The average Bonchev–Trinajstić information content (AvgIpc) is 2.72. The topological polar surface area (TPSA) is 91.3 Å². The van der Waals surface area contributed by atoms with Crippen LogP contribution in [0.4, 0.5) is 4.79 Å². The Morgan fingerprint density at radius 3 is 2.60 bits per heavy atom. The zero-order chi connectivity index (χ0) is 21.4. The van der Waals surface area contributed by atoms with Crippen LogP contribution in [0.2, 0.25) is 0 Å². The molecule has 1 aromatic carbocycles. The van der Waals surface area contributed by atoms with Crippen LogP contribution in [0.3, 0.4) is 0 Å². The third kappa shape index (κ3) is 3.80. The lowest BCUT2D eigenvalue weighted by molar-refractivity contribution is -0.140. The molecule has 3 aliphatic heterocycles. The van der Waals surface area contributed by atoms with Gasteiger partial charge in [0.25, 0.3) is 0 Å². The number of amides is 2. The molecule has 0 bridgehead atoms. The van der Waals surface area contributed by atoms with E-state index in [1.165, 1.54) is 5.56 Å². The first kappa shape index (κ1) is 20.8. The number of likely N-dealkylation sites (tertiary alicyclic amines) is 1. The third-order valence-corrected chi connectivity index (χ3v) is 6.89. The Kier molecular flexibility index (Phi) is 5.77. The van der Waals surface area contributed by atoms with Crippen molar-refractivity contribution in [2.75, 3.05) is 33.9 Å². The molecule has 8 nitrogen and oxygen atoms in total. The fraction of sp³-hybridized carbons (Fsp3) is 0.636. The van der Waals surface area contributed by atoms with Crippen LogP contribution in [0.15, 0.2) is 12.1 Å². The zero-order valence-corrected chi connectivity index (χ0v) is 17.9. The summed E-state index contributed by atoms with van der Waals surface area (Å²) in [6.07, 6.45) is 1.98. The maximum atomic E-state index is 12.7. The maximum absolute atomic E-state index is 12.7. The number of nitrogens with one attached hydrogen (secondary N) is 1. The molecule has 30 heavy (non-hydrogen) atoms. The molecule has 3 aliphatic rings. The van der Waals surface area contributed by atoms with E-state index in [0.29, 0.717) is 43.3 Å². The van der Waals surface area contributed by atoms with Gasteiger partial charge in [-0.15, -0.1) is 0 Å². The Hall–Kier alpha value is -2.48. The predicted octanol–water partition coefficient (Wildman–Crippen LogP) is 2.27. The molecular weight excluding hydrogens is 386 g/mol. The first-order valence-electron chi connectivity index (χ1n) is 10.7. The largest absolute Gasteiger partial charge is 0.493 e.